The summed E-state index contributed by atoms with van der Waals surface area (Å²) in [4.78, 5) is 0. The Morgan fingerprint density at radius 3 is 2.38 bits per heavy atom. The highest BCUT2D eigenvalue weighted by Gasteiger charge is 2.17. The number of nitrogen functional groups attached to an aromatic ring is 1. The molecular weight excluding hydrogens is 165 g/mol. The Balaban J connectivity index is 3.19. The molecule has 0 heterocycles. The summed E-state index contributed by atoms with van der Waals surface area (Å²) in [6.07, 6.45) is 0. The minimum absolute atomic E-state index is 0.236. The number of benzene rings is 1. The standard InChI is InChI=1S/C9H14BNO2/c1-6(2)8-5-7(11)3-4-9(8)10(12)13/h3-6,12-13H,11H2,1-2H3. The molecule has 0 fully saturated rings. The van der Waals surface area contributed by atoms with E-state index in [-0.39, 0.29) is 5.92 Å². The lowest BCUT2D eigenvalue weighted by atomic mass is 9.74. The van der Waals surface area contributed by atoms with Crippen molar-refractivity contribution >= 4 is 18.3 Å². The Labute approximate surface area is 78.3 Å². The number of nitrogens with two attached hydrogens (primary N) is 1. The van der Waals surface area contributed by atoms with E-state index < -0.39 is 7.12 Å². The van der Waals surface area contributed by atoms with Gasteiger partial charge in [0.2, 0.25) is 0 Å². The van der Waals surface area contributed by atoms with Gasteiger partial charge in [-0.1, -0.05) is 19.9 Å². The lowest BCUT2D eigenvalue weighted by Gasteiger charge is -2.12. The second kappa shape index (κ2) is 3.81. The Morgan fingerprint density at radius 2 is 1.92 bits per heavy atom. The molecule has 0 aliphatic carbocycles. The second-order valence-corrected chi connectivity index (χ2v) is 3.42. The first-order valence-electron chi connectivity index (χ1n) is 4.28. The fourth-order valence-corrected chi connectivity index (χ4v) is 1.33. The third-order valence-electron chi connectivity index (χ3n) is 2.01. The maximum Gasteiger partial charge on any atom is 0.488 e. The smallest absolute Gasteiger partial charge is 0.423 e. The van der Waals surface area contributed by atoms with Gasteiger partial charge in [0.25, 0.3) is 0 Å². The van der Waals surface area contributed by atoms with E-state index in [0.717, 1.165) is 5.56 Å². The van der Waals surface area contributed by atoms with Gasteiger partial charge >= 0.3 is 7.12 Å². The maximum absolute atomic E-state index is 9.06. The molecule has 0 spiro atoms. The van der Waals surface area contributed by atoms with Crippen LogP contribution in [-0.4, -0.2) is 17.2 Å². The molecule has 4 N–H and O–H groups in total. The molecule has 1 rings (SSSR count). The van der Waals surface area contributed by atoms with Crippen molar-refractivity contribution in [2.24, 2.45) is 0 Å². The van der Waals surface area contributed by atoms with Crippen LogP contribution >= 0.6 is 0 Å². The van der Waals surface area contributed by atoms with Gasteiger partial charge in [0.1, 0.15) is 0 Å². The summed E-state index contributed by atoms with van der Waals surface area (Å²) >= 11 is 0. The lowest BCUT2D eigenvalue weighted by Crippen LogP contribution is -2.33. The van der Waals surface area contributed by atoms with Crippen LogP contribution in [0.4, 0.5) is 5.69 Å². The van der Waals surface area contributed by atoms with Crippen LogP contribution in [0.25, 0.3) is 0 Å². The van der Waals surface area contributed by atoms with Crippen LogP contribution in [0.2, 0.25) is 0 Å². The molecule has 70 valence electrons. The highest BCUT2D eigenvalue weighted by molar-refractivity contribution is 6.59. The van der Waals surface area contributed by atoms with Gasteiger partial charge in [0.05, 0.1) is 0 Å². The lowest BCUT2D eigenvalue weighted by molar-refractivity contribution is 0.425. The molecule has 0 atom stereocenters. The van der Waals surface area contributed by atoms with Gasteiger partial charge in [-0.25, -0.2) is 0 Å². The van der Waals surface area contributed by atoms with Crippen molar-refractivity contribution in [2.45, 2.75) is 19.8 Å². The Kier molecular flexibility index (Phi) is 2.96. The molecule has 0 unspecified atom stereocenters. The summed E-state index contributed by atoms with van der Waals surface area (Å²) in [6.45, 7) is 3.97. The van der Waals surface area contributed by atoms with E-state index in [9.17, 15) is 0 Å². The topological polar surface area (TPSA) is 66.5 Å². The number of hydrogen-bond acceptors (Lipinski definition) is 3. The Bertz CT molecular complexity index is 300. The minimum Gasteiger partial charge on any atom is -0.423 e. The van der Waals surface area contributed by atoms with Gasteiger partial charge < -0.3 is 15.8 Å². The number of anilines is 1. The molecule has 0 saturated carbocycles. The Morgan fingerprint density at radius 1 is 1.31 bits per heavy atom. The predicted octanol–water partition coefficient (Wildman–Crippen LogP) is 0.0720. The van der Waals surface area contributed by atoms with Crippen LogP contribution in [0.3, 0.4) is 0 Å². The first-order valence-corrected chi connectivity index (χ1v) is 4.28. The third kappa shape index (κ3) is 2.23. The van der Waals surface area contributed by atoms with Crippen molar-refractivity contribution < 1.29 is 10.0 Å². The fourth-order valence-electron chi connectivity index (χ4n) is 1.33. The van der Waals surface area contributed by atoms with Crippen LogP contribution in [0.1, 0.15) is 25.3 Å². The average molecular weight is 179 g/mol. The van der Waals surface area contributed by atoms with Crippen molar-refractivity contribution in [3.8, 4) is 0 Å². The van der Waals surface area contributed by atoms with Crippen molar-refractivity contribution in [3.05, 3.63) is 23.8 Å². The van der Waals surface area contributed by atoms with Crippen LogP contribution < -0.4 is 11.2 Å². The van der Waals surface area contributed by atoms with Crippen molar-refractivity contribution in [1.82, 2.24) is 0 Å². The summed E-state index contributed by atoms with van der Waals surface area (Å²) in [5, 5.41) is 18.1. The summed E-state index contributed by atoms with van der Waals surface area (Å²) in [5.74, 6) is 0.236. The van der Waals surface area contributed by atoms with E-state index in [1.54, 1.807) is 18.2 Å². The van der Waals surface area contributed by atoms with E-state index in [1.165, 1.54) is 0 Å². The zero-order valence-electron chi connectivity index (χ0n) is 7.86. The van der Waals surface area contributed by atoms with Crippen LogP contribution in [0.5, 0.6) is 0 Å². The van der Waals surface area contributed by atoms with Gasteiger partial charge in [0, 0.05) is 5.69 Å². The van der Waals surface area contributed by atoms with Crippen LogP contribution in [-0.2, 0) is 0 Å². The van der Waals surface area contributed by atoms with Crippen molar-refractivity contribution in [3.63, 3.8) is 0 Å². The molecule has 0 radical (unpaired) electrons. The molecule has 0 aromatic heterocycles. The summed E-state index contributed by atoms with van der Waals surface area (Å²) in [7, 11) is -1.42. The van der Waals surface area contributed by atoms with Crippen molar-refractivity contribution in [1.29, 1.82) is 0 Å². The molecular formula is C9H14BNO2. The van der Waals surface area contributed by atoms with Gasteiger partial charge in [-0.2, -0.15) is 0 Å². The van der Waals surface area contributed by atoms with E-state index in [4.69, 9.17) is 15.8 Å². The average Bonchev–Trinajstić information content (AvgIpc) is 2.03. The number of hydrogen-bond donors (Lipinski definition) is 3. The van der Waals surface area contributed by atoms with Gasteiger partial charge in [-0.05, 0) is 29.1 Å². The molecule has 13 heavy (non-hydrogen) atoms. The molecule has 3 nitrogen and oxygen atoms in total. The van der Waals surface area contributed by atoms with E-state index in [1.807, 2.05) is 13.8 Å². The second-order valence-electron chi connectivity index (χ2n) is 3.42. The quantitative estimate of drug-likeness (QED) is 0.444. The van der Waals surface area contributed by atoms with Crippen molar-refractivity contribution in [2.75, 3.05) is 5.73 Å². The molecule has 1 aromatic rings. The molecule has 1 aromatic carbocycles. The third-order valence-corrected chi connectivity index (χ3v) is 2.01. The van der Waals surface area contributed by atoms with E-state index in [2.05, 4.69) is 0 Å². The highest BCUT2D eigenvalue weighted by Crippen LogP contribution is 2.15. The van der Waals surface area contributed by atoms with Gasteiger partial charge in [-0.15, -0.1) is 0 Å². The Hall–Kier alpha value is -0.995. The molecule has 0 bridgehead atoms. The zero-order valence-corrected chi connectivity index (χ0v) is 7.86. The summed E-state index contributed by atoms with van der Waals surface area (Å²) in [6, 6.07) is 5.09. The predicted molar refractivity (Wildman–Crippen MR) is 54.8 cm³/mol. The van der Waals surface area contributed by atoms with Crippen LogP contribution in [0.15, 0.2) is 18.2 Å². The summed E-state index contributed by atoms with van der Waals surface area (Å²) < 4.78 is 0. The molecule has 0 aliphatic heterocycles. The van der Waals surface area contributed by atoms with Crippen LogP contribution in [0, 0.1) is 0 Å². The van der Waals surface area contributed by atoms with Gasteiger partial charge in [0.15, 0.2) is 0 Å². The SMILES string of the molecule is CC(C)c1cc(N)ccc1B(O)O. The molecule has 0 saturated heterocycles. The van der Waals surface area contributed by atoms with Gasteiger partial charge in [-0.3, -0.25) is 0 Å². The molecule has 0 amide bonds. The first-order chi connectivity index (χ1) is 6.02. The first kappa shape index (κ1) is 10.1. The largest absolute Gasteiger partial charge is 0.488 e. The zero-order chi connectivity index (χ0) is 10.0. The monoisotopic (exact) mass is 179 g/mol. The molecule has 0 aliphatic rings. The fraction of sp³-hybridized carbons (Fsp3) is 0.333. The highest BCUT2D eigenvalue weighted by atomic mass is 16.4. The number of rotatable bonds is 2. The van der Waals surface area contributed by atoms with E-state index >= 15 is 0 Å². The minimum atomic E-state index is -1.42. The maximum atomic E-state index is 9.06. The summed E-state index contributed by atoms with van der Waals surface area (Å²) in [5.41, 5.74) is 7.66. The van der Waals surface area contributed by atoms with E-state index in [0.29, 0.717) is 11.2 Å². The molecule has 4 heteroatoms. The normalized spacial score (nSPS) is 10.5.